The molecule has 8 heteroatoms. The van der Waals surface area contributed by atoms with Crippen LogP contribution in [0.1, 0.15) is 33.4 Å². The van der Waals surface area contributed by atoms with Gasteiger partial charge in [-0.05, 0) is 37.3 Å². The number of hydrogen-bond acceptors (Lipinski definition) is 5. The number of nitrogens with one attached hydrogen (secondary N) is 1. The fraction of sp³-hybridized carbons (Fsp3) is 0.350. The highest BCUT2D eigenvalue weighted by Crippen LogP contribution is 2.12. The van der Waals surface area contributed by atoms with Crippen LogP contribution in [0.25, 0.3) is 0 Å². The van der Waals surface area contributed by atoms with Crippen LogP contribution in [-0.2, 0) is 11.3 Å². The number of furan rings is 1. The van der Waals surface area contributed by atoms with Gasteiger partial charge in [-0.25, -0.2) is 4.79 Å². The zero-order valence-corrected chi connectivity index (χ0v) is 15.7. The summed E-state index contributed by atoms with van der Waals surface area (Å²) in [6, 6.07) is 10.1. The third-order valence-corrected chi connectivity index (χ3v) is 4.47. The van der Waals surface area contributed by atoms with Gasteiger partial charge in [-0.1, -0.05) is 6.07 Å². The normalized spacial score (nSPS) is 13.9. The maximum Gasteiger partial charge on any atom is 0.409 e. The third kappa shape index (κ3) is 4.70. The smallest absolute Gasteiger partial charge is 0.409 e. The van der Waals surface area contributed by atoms with E-state index in [1.54, 1.807) is 59.4 Å². The van der Waals surface area contributed by atoms with Crippen molar-refractivity contribution in [3.05, 3.63) is 59.5 Å². The van der Waals surface area contributed by atoms with Crippen LogP contribution >= 0.6 is 0 Å². The summed E-state index contributed by atoms with van der Waals surface area (Å²) in [5.74, 6) is 0.211. The summed E-state index contributed by atoms with van der Waals surface area (Å²) in [5.41, 5.74) is 0.845. The molecule has 0 radical (unpaired) electrons. The van der Waals surface area contributed by atoms with Crippen LogP contribution in [0.5, 0.6) is 0 Å². The minimum absolute atomic E-state index is 0.163. The molecule has 3 amide bonds. The molecule has 0 saturated carbocycles. The lowest BCUT2D eigenvalue weighted by molar-refractivity contribution is 0.0570. The van der Waals surface area contributed by atoms with E-state index >= 15 is 0 Å². The molecule has 1 N–H and O–H groups in total. The van der Waals surface area contributed by atoms with E-state index in [0.717, 1.165) is 0 Å². The number of nitrogens with zero attached hydrogens (tertiary/aromatic N) is 2. The molecule has 3 rings (SSSR count). The molecule has 1 aromatic carbocycles. The topological polar surface area (TPSA) is 92.1 Å². The van der Waals surface area contributed by atoms with E-state index < -0.39 is 0 Å². The number of piperazine rings is 1. The molecule has 1 aliphatic rings. The fourth-order valence-corrected chi connectivity index (χ4v) is 2.97. The van der Waals surface area contributed by atoms with Gasteiger partial charge in [-0.3, -0.25) is 9.59 Å². The third-order valence-electron chi connectivity index (χ3n) is 4.47. The Hall–Kier alpha value is -3.29. The summed E-state index contributed by atoms with van der Waals surface area (Å²) >= 11 is 0. The number of benzene rings is 1. The van der Waals surface area contributed by atoms with Gasteiger partial charge >= 0.3 is 6.09 Å². The maximum absolute atomic E-state index is 12.8. The van der Waals surface area contributed by atoms with Gasteiger partial charge in [0.1, 0.15) is 5.76 Å². The van der Waals surface area contributed by atoms with Crippen molar-refractivity contribution in [3.8, 4) is 0 Å². The van der Waals surface area contributed by atoms with Gasteiger partial charge in [-0.15, -0.1) is 0 Å². The molecule has 0 unspecified atom stereocenters. The zero-order chi connectivity index (χ0) is 19.9. The van der Waals surface area contributed by atoms with Gasteiger partial charge in [0.2, 0.25) is 0 Å². The molecule has 2 aromatic rings. The fourth-order valence-electron chi connectivity index (χ4n) is 2.97. The van der Waals surface area contributed by atoms with Gasteiger partial charge < -0.3 is 24.3 Å². The van der Waals surface area contributed by atoms with E-state index in [4.69, 9.17) is 9.15 Å². The van der Waals surface area contributed by atoms with Crippen molar-refractivity contribution in [1.29, 1.82) is 0 Å². The molecule has 0 spiro atoms. The van der Waals surface area contributed by atoms with Crippen LogP contribution in [0.15, 0.2) is 47.1 Å². The van der Waals surface area contributed by atoms with Crippen LogP contribution in [0, 0.1) is 0 Å². The first kappa shape index (κ1) is 19.5. The van der Waals surface area contributed by atoms with Gasteiger partial charge in [0.25, 0.3) is 11.8 Å². The number of rotatable bonds is 5. The number of hydrogen-bond donors (Lipinski definition) is 1. The average Bonchev–Trinajstić information content (AvgIpc) is 3.25. The van der Waals surface area contributed by atoms with Crippen molar-refractivity contribution in [2.45, 2.75) is 13.5 Å². The number of carbonyl (C=O) groups is 3. The second-order valence-corrected chi connectivity index (χ2v) is 6.32. The molecule has 8 nitrogen and oxygen atoms in total. The van der Waals surface area contributed by atoms with Gasteiger partial charge in [0.15, 0.2) is 0 Å². The molecule has 2 heterocycles. The lowest BCUT2D eigenvalue weighted by Gasteiger charge is -2.34. The van der Waals surface area contributed by atoms with Crippen molar-refractivity contribution in [2.24, 2.45) is 0 Å². The minimum Gasteiger partial charge on any atom is -0.467 e. The predicted octanol–water partition coefficient (Wildman–Crippen LogP) is 2.12. The first-order valence-corrected chi connectivity index (χ1v) is 9.20. The van der Waals surface area contributed by atoms with E-state index in [1.807, 2.05) is 0 Å². The Balaban J connectivity index is 1.58. The molecule has 0 bridgehead atoms. The Kier molecular flexibility index (Phi) is 6.31. The van der Waals surface area contributed by atoms with Crippen LogP contribution in [0.2, 0.25) is 0 Å². The Morgan fingerprint density at radius 3 is 2.43 bits per heavy atom. The maximum atomic E-state index is 12.8. The monoisotopic (exact) mass is 385 g/mol. The van der Waals surface area contributed by atoms with Crippen LogP contribution in [-0.4, -0.2) is 60.5 Å². The quantitative estimate of drug-likeness (QED) is 0.851. The van der Waals surface area contributed by atoms with Crippen molar-refractivity contribution in [3.63, 3.8) is 0 Å². The standard InChI is InChI=1S/C20H23N3O5/c1-2-27-20(26)23-10-8-22(9-11-23)19(25)16-6-3-5-15(13-16)18(24)21-14-17-7-4-12-28-17/h3-7,12-13H,2,8-11,14H2,1H3,(H,21,24). The number of amides is 3. The second-order valence-electron chi connectivity index (χ2n) is 6.32. The molecular weight excluding hydrogens is 362 g/mol. The highest BCUT2D eigenvalue weighted by atomic mass is 16.6. The Bertz CT molecular complexity index is 826. The Morgan fingerprint density at radius 2 is 1.75 bits per heavy atom. The Morgan fingerprint density at radius 1 is 1.04 bits per heavy atom. The van der Waals surface area contributed by atoms with E-state index in [9.17, 15) is 14.4 Å². The lowest BCUT2D eigenvalue weighted by atomic mass is 10.1. The first-order chi connectivity index (χ1) is 13.6. The summed E-state index contributed by atoms with van der Waals surface area (Å²) in [7, 11) is 0. The van der Waals surface area contributed by atoms with E-state index in [-0.39, 0.29) is 24.5 Å². The molecule has 0 atom stereocenters. The largest absolute Gasteiger partial charge is 0.467 e. The lowest BCUT2D eigenvalue weighted by Crippen LogP contribution is -2.50. The van der Waals surface area contributed by atoms with Gasteiger partial charge in [0.05, 0.1) is 19.4 Å². The van der Waals surface area contributed by atoms with E-state index in [2.05, 4.69) is 5.32 Å². The number of carbonyl (C=O) groups excluding carboxylic acids is 3. The highest BCUT2D eigenvalue weighted by molar-refractivity contribution is 5.99. The molecule has 1 aromatic heterocycles. The summed E-state index contributed by atoms with van der Waals surface area (Å²) in [6.45, 7) is 4.06. The molecule has 1 aliphatic heterocycles. The van der Waals surface area contributed by atoms with E-state index in [1.165, 1.54) is 0 Å². The molecule has 148 valence electrons. The van der Waals surface area contributed by atoms with Gasteiger partial charge in [-0.2, -0.15) is 0 Å². The highest BCUT2D eigenvalue weighted by Gasteiger charge is 2.25. The van der Waals surface area contributed by atoms with E-state index in [0.29, 0.717) is 49.7 Å². The van der Waals surface area contributed by atoms with Crippen molar-refractivity contribution < 1.29 is 23.5 Å². The molecule has 1 saturated heterocycles. The van der Waals surface area contributed by atoms with Gasteiger partial charge in [0, 0.05) is 37.3 Å². The minimum atomic E-state index is -0.357. The summed E-state index contributed by atoms with van der Waals surface area (Å²) < 4.78 is 10.2. The average molecular weight is 385 g/mol. The van der Waals surface area contributed by atoms with Crippen LogP contribution in [0.4, 0.5) is 4.79 Å². The molecular formula is C20H23N3O5. The second kappa shape index (κ2) is 9.07. The summed E-state index contributed by atoms with van der Waals surface area (Å²) in [5, 5.41) is 2.76. The summed E-state index contributed by atoms with van der Waals surface area (Å²) in [6.07, 6.45) is 1.19. The summed E-state index contributed by atoms with van der Waals surface area (Å²) in [4.78, 5) is 40.1. The Labute approximate surface area is 163 Å². The zero-order valence-electron chi connectivity index (χ0n) is 15.7. The van der Waals surface area contributed by atoms with Crippen molar-refractivity contribution in [1.82, 2.24) is 15.1 Å². The molecule has 0 aliphatic carbocycles. The molecule has 28 heavy (non-hydrogen) atoms. The molecule has 1 fully saturated rings. The predicted molar refractivity (Wildman–Crippen MR) is 101 cm³/mol. The van der Waals surface area contributed by atoms with Crippen LogP contribution < -0.4 is 5.32 Å². The SMILES string of the molecule is CCOC(=O)N1CCN(C(=O)c2cccc(C(=O)NCc3ccco3)c2)CC1. The number of ether oxygens (including phenoxy) is 1. The van der Waals surface area contributed by atoms with Crippen LogP contribution in [0.3, 0.4) is 0 Å². The first-order valence-electron chi connectivity index (χ1n) is 9.20. The van der Waals surface area contributed by atoms with Crippen molar-refractivity contribution >= 4 is 17.9 Å². The van der Waals surface area contributed by atoms with Crippen molar-refractivity contribution in [2.75, 3.05) is 32.8 Å².